The van der Waals surface area contributed by atoms with E-state index in [1.165, 1.54) is 37.1 Å². The van der Waals surface area contributed by atoms with E-state index in [0.717, 1.165) is 11.2 Å². The van der Waals surface area contributed by atoms with Crippen molar-refractivity contribution in [2.75, 3.05) is 13.1 Å². The molecular weight excluding hydrogens is 253 g/mol. The van der Waals surface area contributed by atoms with Gasteiger partial charge in [0.25, 0.3) is 0 Å². The van der Waals surface area contributed by atoms with Crippen LogP contribution in [0.3, 0.4) is 0 Å². The topological polar surface area (TPSA) is 41.4 Å². The van der Waals surface area contributed by atoms with E-state index in [1.807, 2.05) is 0 Å². The fraction of sp³-hybridized carbons (Fsp3) is 0.750. The number of hydrogen-bond donors (Lipinski definition) is 1. The molecule has 2 N–H and O–H groups in total. The smallest absolute Gasteiger partial charge is 1.00 e. The van der Waals surface area contributed by atoms with Gasteiger partial charge in [0.05, 0.1) is 0 Å². The van der Waals surface area contributed by atoms with E-state index < -0.39 is 0 Å². The molecule has 2 aliphatic rings. The molecule has 0 amide bonds. The Labute approximate surface area is 91.1 Å². The number of nitrogens with two attached hydrogens (primary N) is 1. The van der Waals surface area contributed by atoms with Gasteiger partial charge in [0.2, 0.25) is 0 Å². The molecule has 0 aromatic heterocycles. The maximum absolute atomic E-state index is 5.65. The zero-order valence-corrected chi connectivity index (χ0v) is 9.97. The minimum Gasteiger partial charge on any atom is -1.00 e. The van der Waals surface area contributed by atoms with Gasteiger partial charge in [-0.15, -0.1) is 0 Å². The number of amidine groups is 2. The predicted molar refractivity (Wildman–Crippen MR) is 51.0 cm³/mol. The fourth-order valence-electron chi connectivity index (χ4n) is 1.57. The van der Waals surface area contributed by atoms with Crippen LogP contribution in [0.25, 0.3) is 0 Å². The Bertz CT molecular complexity index is 242. The molecule has 2 heterocycles. The van der Waals surface area contributed by atoms with E-state index in [4.69, 9.17) is 5.73 Å². The first-order chi connectivity index (χ1) is 5.86. The van der Waals surface area contributed by atoms with Crippen molar-refractivity contribution >= 4 is 25.5 Å². The zero-order valence-electron chi connectivity index (χ0n) is 7.50. The van der Waals surface area contributed by atoms with Crippen LogP contribution in [0.2, 0.25) is 5.32 Å². The molecule has 0 aromatic rings. The first-order valence-corrected chi connectivity index (χ1v) is 6.51. The Hall–Kier alpha value is -0.0505. The van der Waals surface area contributed by atoms with Crippen LogP contribution < -0.4 is 18.1 Å². The molecule has 0 radical (unpaired) electrons. The Morgan fingerprint density at radius 3 is 2.46 bits per heavy atom. The molecule has 2 aliphatic heterocycles. The van der Waals surface area contributed by atoms with E-state index in [-0.39, 0.29) is 12.4 Å². The molecule has 1 saturated heterocycles. The van der Waals surface area contributed by atoms with Gasteiger partial charge in [-0.05, 0) is 0 Å². The number of piperidine rings is 1. The molecule has 13 heavy (non-hydrogen) atoms. The maximum atomic E-state index is 5.65. The van der Waals surface area contributed by atoms with E-state index >= 15 is 0 Å². The normalized spacial score (nSPS) is 22.6. The summed E-state index contributed by atoms with van der Waals surface area (Å²) in [5.74, 6) is 0.843. The largest absolute Gasteiger partial charge is 1.00 e. The van der Waals surface area contributed by atoms with E-state index in [9.17, 15) is 0 Å². The Balaban J connectivity index is 0.000000845. The molecule has 0 unspecified atom stereocenters. The van der Waals surface area contributed by atoms with Crippen LogP contribution in [0.1, 0.15) is 19.3 Å². The van der Waals surface area contributed by atoms with E-state index in [0.29, 0.717) is 15.0 Å². The summed E-state index contributed by atoms with van der Waals surface area (Å²) in [6, 6.07) is 0. The summed E-state index contributed by atoms with van der Waals surface area (Å²) in [7, 11) is 0. The third-order valence-electron chi connectivity index (χ3n) is 2.21. The minimum atomic E-state index is 0. The van der Waals surface area contributed by atoms with Gasteiger partial charge in [0.1, 0.15) is 0 Å². The zero-order chi connectivity index (χ0) is 8.39. The third kappa shape index (κ3) is 2.70. The molecule has 0 spiro atoms. The van der Waals surface area contributed by atoms with Crippen LogP contribution in [0.5, 0.6) is 0 Å². The van der Waals surface area contributed by atoms with Crippen molar-refractivity contribution in [3.8, 4) is 0 Å². The summed E-state index contributed by atoms with van der Waals surface area (Å²) in [6.07, 6.45) is 4.04. The summed E-state index contributed by atoms with van der Waals surface area (Å²) >= 11 is 0.529. The quantitative estimate of drug-likeness (QED) is 0.369. The maximum Gasteiger partial charge on any atom is -1.00 e. The molecule has 0 aliphatic carbocycles. The molecule has 3 nitrogen and oxygen atoms in total. The summed E-state index contributed by atoms with van der Waals surface area (Å²) in [5, 5.41) is 1.03. The van der Waals surface area contributed by atoms with Crippen molar-refractivity contribution in [3.05, 3.63) is 0 Å². The summed E-state index contributed by atoms with van der Waals surface area (Å²) in [4.78, 5) is 4.38. The third-order valence-corrected chi connectivity index (χ3v) is 4.41. The van der Waals surface area contributed by atoms with Crippen LogP contribution >= 0.6 is 0 Å². The van der Waals surface area contributed by atoms with Crippen molar-refractivity contribution in [1.82, 2.24) is 0 Å². The molecule has 0 saturated carbocycles. The standard InChI is InChI=1S/C8H13N3Se.ClH/c9-7-6-12-8(10-7)11-4-2-1-3-5-11;/h9H,1-6H2;1H. The van der Waals surface area contributed by atoms with Crippen LogP contribution in [0.15, 0.2) is 4.99 Å². The number of halogens is 1. The van der Waals surface area contributed by atoms with Gasteiger partial charge in [0.15, 0.2) is 0 Å². The van der Waals surface area contributed by atoms with Crippen molar-refractivity contribution in [3.63, 3.8) is 0 Å². The number of rotatable bonds is 0. The SMILES string of the molecule is NC1=NC(=[N+]2CCCCC2)[Se]C1.[Cl-]. The van der Waals surface area contributed by atoms with Crippen molar-refractivity contribution in [2.24, 2.45) is 10.7 Å². The number of aliphatic imine (C=N–C) groups is 1. The molecule has 0 aromatic carbocycles. The van der Waals surface area contributed by atoms with Gasteiger partial charge in [-0.1, -0.05) is 0 Å². The van der Waals surface area contributed by atoms with Gasteiger partial charge in [-0.3, -0.25) is 0 Å². The molecule has 0 atom stereocenters. The molecule has 74 valence electrons. The van der Waals surface area contributed by atoms with Crippen molar-refractivity contribution in [2.45, 2.75) is 24.6 Å². The molecule has 5 heteroatoms. The Morgan fingerprint density at radius 2 is 1.92 bits per heavy atom. The second-order valence-corrected chi connectivity index (χ2v) is 5.20. The molecular formula is C8H14ClN3Se. The van der Waals surface area contributed by atoms with E-state index in [2.05, 4.69) is 9.57 Å². The molecule has 2 rings (SSSR count). The molecule has 0 bridgehead atoms. The van der Waals surface area contributed by atoms with Gasteiger partial charge < -0.3 is 12.4 Å². The van der Waals surface area contributed by atoms with Crippen LogP contribution in [-0.2, 0) is 0 Å². The number of hydrogen-bond acceptors (Lipinski definition) is 1. The number of nitrogens with zero attached hydrogens (tertiary/aromatic N) is 2. The summed E-state index contributed by atoms with van der Waals surface area (Å²) in [5.41, 5.74) is 5.65. The summed E-state index contributed by atoms with van der Waals surface area (Å²) in [6.45, 7) is 2.40. The van der Waals surface area contributed by atoms with Crippen molar-refractivity contribution < 1.29 is 17.0 Å². The predicted octanol–water partition coefficient (Wildman–Crippen LogP) is -2.96. The van der Waals surface area contributed by atoms with Gasteiger partial charge in [-0.25, -0.2) is 0 Å². The Kier molecular flexibility index (Phi) is 4.23. The van der Waals surface area contributed by atoms with E-state index in [1.54, 1.807) is 0 Å². The first-order valence-electron chi connectivity index (χ1n) is 4.44. The Morgan fingerprint density at radius 1 is 1.23 bits per heavy atom. The summed E-state index contributed by atoms with van der Waals surface area (Å²) < 4.78 is 3.71. The molecule has 1 fully saturated rings. The van der Waals surface area contributed by atoms with Gasteiger partial charge in [0, 0.05) is 0 Å². The second kappa shape index (κ2) is 4.99. The van der Waals surface area contributed by atoms with Gasteiger partial charge in [-0.2, -0.15) is 0 Å². The van der Waals surface area contributed by atoms with Crippen LogP contribution in [0.4, 0.5) is 0 Å². The average Bonchev–Trinajstić information content (AvgIpc) is 2.54. The minimum absolute atomic E-state index is 0. The van der Waals surface area contributed by atoms with Crippen LogP contribution in [-0.4, -0.2) is 43.2 Å². The first kappa shape index (κ1) is 11.0. The second-order valence-electron chi connectivity index (χ2n) is 3.22. The average molecular weight is 267 g/mol. The fourth-order valence-corrected chi connectivity index (χ4v) is 3.44. The van der Waals surface area contributed by atoms with Gasteiger partial charge >= 0.3 is 78.5 Å². The van der Waals surface area contributed by atoms with Crippen LogP contribution in [0, 0.1) is 0 Å². The van der Waals surface area contributed by atoms with Crippen molar-refractivity contribution in [1.29, 1.82) is 0 Å². The monoisotopic (exact) mass is 267 g/mol.